The molecule has 0 spiro atoms. The lowest BCUT2D eigenvalue weighted by Crippen LogP contribution is -2.21. The molecule has 214 valence electrons. The summed E-state index contributed by atoms with van der Waals surface area (Å²) in [5.74, 6) is 1.84. The highest BCUT2D eigenvalue weighted by molar-refractivity contribution is 7.98. The smallest absolute Gasteiger partial charge is 0.148 e. The number of thioether (sulfide) groups is 1. The van der Waals surface area contributed by atoms with E-state index in [1.807, 2.05) is 53.9 Å². The van der Waals surface area contributed by atoms with E-state index in [9.17, 15) is 10.5 Å². The van der Waals surface area contributed by atoms with Gasteiger partial charge in [0.05, 0.1) is 24.5 Å². The molecule has 1 fully saturated rings. The molecule has 5 rings (SSSR count). The van der Waals surface area contributed by atoms with Crippen molar-refractivity contribution in [1.29, 1.82) is 10.5 Å². The number of ether oxygens (including phenoxy) is 2. The number of thiazole rings is 1. The summed E-state index contributed by atoms with van der Waals surface area (Å²) in [6.45, 7) is 3.46. The lowest BCUT2D eigenvalue weighted by atomic mass is 9.96. The normalized spacial score (nSPS) is 12.7. The fourth-order valence-electron chi connectivity index (χ4n) is 4.67. The van der Waals surface area contributed by atoms with Crippen LogP contribution in [0, 0.1) is 22.7 Å². The molecule has 0 amide bonds. The minimum atomic E-state index is 0.386. The van der Waals surface area contributed by atoms with E-state index in [2.05, 4.69) is 17.0 Å². The van der Waals surface area contributed by atoms with E-state index in [0.29, 0.717) is 70.4 Å². The summed E-state index contributed by atoms with van der Waals surface area (Å²) in [5, 5.41) is 24.9. The second-order valence-electron chi connectivity index (χ2n) is 9.50. The standard InChI is InChI=1S/C31H29ClN6O2S2/c32-23-7-3-22(4-8-23)30-36-24(19-41-30)20-42-31-27(18-35)28(26(17-34)29(37-31)38-12-1-2-13-38)21-5-9-25(10-6-21)40-16-15-39-14-11-33/h3-10,19H,1-2,11-16,20,33H2. The molecule has 0 radical (unpaired) electrons. The molecule has 11 heteroatoms. The Kier molecular flexibility index (Phi) is 10.3. The van der Waals surface area contributed by atoms with Gasteiger partial charge in [0.2, 0.25) is 0 Å². The SMILES string of the molecule is N#Cc1c(SCc2csc(-c3ccc(Cl)cc3)n2)nc(N2CCCC2)c(C#N)c1-c1ccc(OCCOCCN)cc1. The summed E-state index contributed by atoms with van der Waals surface area (Å²) >= 11 is 9.07. The Bertz CT molecular complexity index is 1590. The average molecular weight is 617 g/mol. The summed E-state index contributed by atoms with van der Waals surface area (Å²) in [5.41, 5.74) is 9.51. The molecule has 8 nitrogen and oxygen atoms in total. The predicted molar refractivity (Wildman–Crippen MR) is 168 cm³/mol. The van der Waals surface area contributed by atoms with E-state index in [1.54, 1.807) is 11.3 Å². The van der Waals surface area contributed by atoms with Gasteiger partial charge in [0.1, 0.15) is 45.9 Å². The van der Waals surface area contributed by atoms with Crippen molar-refractivity contribution in [1.82, 2.24) is 9.97 Å². The Morgan fingerprint density at radius 3 is 2.33 bits per heavy atom. The van der Waals surface area contributed by atoms with Crippen LogP contribution in [0.5, 0.6) is 5.75 Å². The highest BCUT2D eigenvalue weighted by atomic mass is 35.5. The van der Waals surface area contributed by atoms with Crippen molar-refractivity contribution < 1.29 is 9.47 Å². The van der Waals surface area contributed by atoms with Crippen molar-refractivity contribution in [2.75, 3.05) is 44.4 Å². The van der Waals surface area contributed by atoms with Gasteiger partial charge in [-0.3, -0.25) is 0 Å². The molecule has 1 aliphatic heterocycles. The number of nitrogens with two attached hydrogens (primary N) is 1. The minimum absolute atomic E-state index is 0.386. The first-order valence-corrected chi connectivity index (χ1v) is 15.8. The third kappa shape index (κ3) is 7.04. The van der Waals surface area contributed by atoms with E-state index >= 15 is 0 Å². The lowest BCUT2D eigenvalue weighted by molar-refractivity contribution is 0.106. The summed E-state index contributed by atoms with van der Waals surface area (Å²) < 4.78 is 11.2. The second-order valence-corrected chi connectivity index (χ2v) is 11.8. The Balaban J connectivity index is 1.44. The third-order valence-electron chi connectivity index (χ3n) is 6.68. The van der Waals surface area contributed by atoms with E-state index in [0.717, 1.165) is 47.8 Å². The number of nitriles is 2. The Hall–Kier alpha value is -3.64. The van der Waals surface area contributed by atoms with Crippen LogP contribution < -0.4 is 15.4 Å². The molecule has 3 heterocycles. The first kappa shape index (κ1) is 29.8. The van der Waals surface area contributed by atoms with Gasteiger partial charge in [0, 0.05) is 46.9 Å². The summed E-state index contributed by atoms with van der Waals surface area (Å²) in [7, 11) is 0. The molecule has 1 aliphatic rings. The average Bonchev–Trinajstić information content (AvgIpc) is 3.73. The molecule has 0 saturated carbocycles. The summed E-state index contributed by atoms with van der Waals surface area (Å²) in [4.78, 5) is 11.9. The zero-order valence-electron chi connectivity index (χ0n) is 22.9. The van der Waals surface area contributed by atoms with Crippen molar-refractivity contribution in [2.24, 2.45) is 5.73 Å². The highest BCUT2D eigenvalue weighted by Gasteiger charge is 2.26. The van der Waals surface area contributed by atoms with Crippen molar-refractivity contribution in [3.63, 3.8) is 0 Å². The van der Waals surface area contributed by atoms with Crippen LogP contribution in [0.25, 0.3) is 21.7 Å². The molecular formula is C31H29ClN6O2S2. The molecule has 2 aromatic carbocycles. The molecule has 2 N–H and O–H groups in total. The second kappa shape index (κ2) is 14.5. The van der Waals surface area contributed by atoms with E-state index in [1.165, 1.54) is 11.8 Å². The van der Waals surface area contributed by atoms with Crippen LogP contribution in [-0.2, 0) is 10.5 Å². The molecule has 2 aromatic heterocycles. The number of anilines is 1. The number of rotatable bonds is 12. The van der Waals surface area contributed by atoms with Gasteiger partial charge in [0.25, 0.3) is 0 Å². The maximum absolute atomic E-state index is 10.4. The molecule has 0 unspecified atom stereocenters. The first-order chi connectivity index (χ1) is 20.6. The van der Waals surface area contributed by atoms with E-state index < -0.39 is 0 Å². The largest absolute Gasteiger partial charge is 0.491 e. The van der Waals surface area contributed by atoms with Crippen molar-refractivity contribution in [3.8, 4) is 39.6 Å². The van der Waals surface area contributed by atoms with Crippen LogP contribution in [-0.4, -0.2) is 49.4 Å². The van der Waals surface area contributed by atoms with E-state index in [4.69, 9.17) is 36.8 Å². The number of pyridine rings is 1. The van der Waals surface area contributed by atoms with Gasteiger partial charge in [-0.15, -0.1) is 11.3 Å². The van der Waals surface area contributed by atoms with Crippen LogP contribution in [0.1, 0.15) is 29.7 Å². The highest BCUT2D eigenvalue weighted by Crippen LogP contribution is 2.40. The molecule has 4 aromatic rings. The Labute approximate surface area is 258 Å². The zero-order chi connectivity index (χ0) is 29.3. The number of hydrogen-bond donors (Lipinski definition) is 1. The number of aromatic nitrogens is 2. The molecule has 0 aliphatic carbocycles. The van der Waals surface area contributed by atoms with Crippen molar-refractivity contribution in [2.45, 2.75) is 23.6 Å². The predicted octanol–water partition coefficient (Wildman–Crippen LogP) is 6.52. The Morgan fingerprint density at radius 1 is 0.929 bits per heavy atom. The van der Waals surface area contributed by atoms with Crippen molar-refractivity contribution in [3.05, 3.63) is 75.8 Å². The van der Waals surface area contributed by atoms with Gasteiger partial charge >= 0.3 is 0 Å². The van der Waals surface area contributed by atoms with Gasteiger partial charge < -0.3 is 20.1 Å². The van der Waals surface area contributed by atoms with Crippen LogP contribution >= 0.6 is 34.7 Å². The quantitative estimate of drug-likeness (QED) is 0.140. The number of halogens is 1. The van der Waals surface area contributed by atoms with Gasteiger partial charge in [0.15, 0.2) is 0 Å². The van der Waals surface area contributed by atoms with Gasteiger partial charge in [-0.05, 0) is 42.7 Å². The van der Waals surface area contributed by atoms with E-state index in [-0.39, 0.29) is 0 Å². The van der Waals surface area contributed by atoms with Gasteiger partial charge in [-0.2, -0.15) is 10.5 Å². The van der Waals surface area contributed by atoms with Crippen molar-refractivity contribution >= 4 is 40.5 Å². The summed E-state index contributed by atoms with van der Waals surface area (Å²) in [6, 6.07) is 19.8. The van der Waals surface area contributed by atoms with Crippen LogP contribution in [0.15, 0.2) is 58.9 Å². The molecule has 0 atom stereocenters. The van der Waals surface area contributed by atoms with Gasteiger partial charge in [-0.1, -0.05) is 47.6 Å². The van der Waals surface area contributed by atoms with Crippen LogP contribution in [0.2, 0.25) is 5.02 Å². The fraction of sp³-hybridized carbons (Fsp3) is 0.290. The molecule has 42 heavy (non-hydrogen) atoms. The molecule has 0 bridgehead atoms. The van der Waals surface area contributed by atoms with Crippen LogP contribution in [0.4, 0.5) is 5.82 Å². The topological polar surface area (TPSA) is 121 Å². The number of nitrogens with zero attached hydrogens (tertiary/aromatic N) is 5. The number of benzene rings is 2. The zero-order valence-corrected chi connectivity index (χ0v) is 25.3. The first-order valence-electron chi connectivity index (χ1n) is 13.6. The Morgan fingerprint density at radius 2 is 1.64 bits per heavy atom. The number of hydrogen-bond acceptors (Lipinski definition) is 10. The molecule has 1 saturated heterocycles. The summed E-state index contributed by atoms with van der Waals surface area (Å²) in [6.07, 6.45) is 2.08. The maximum Gasteiger partial charge on any atom is 0.148 e. The maximum atomic E-state index is 10.4. The minimum Gasteiger partial charge on any atom is -0.491 e. The van der Waals surface area contributed by atoms with Gasteiger partial charge in [-0.25, -0.2) is 9.97 Å². The lowest BCUT2D eigenvalue weighted by Gasteiger charge is -2.22. The monoisotopic (exact) mass is 616 g/mol. The third-order valence-corrected chi connectivity index (χ3v) is 8.88. The molecular weight excluding hydrogens is 588 g/mol. The fourth-order valence-corrected chi connectivity index (χ4v) is 6.61. The van der Waals surface area contributed by atoms with Crippen LogP contribution in [0.3, 0.4) is 0 Å².